The van der Waals surface area contributed by atoms with E-state index in [1.807, 2.05) is 6.07 Å². The first kappa shape index (κ1) is 8.96. The van der Waals surface area contributed by atoms with Crippen molar-refractivity contribution >= 4 is 5.57 Å². The van der Waals surface area contributed by atoms with E-state index < -0.39 is 0 Å². The minimum atomic E-state index is -0.110. The van der Waals surface area contributed by atoms with Gasteiger partial charge >= 0.3 is 0 Å². The van der Waals surface area contributed by atoms with Gasteiger partial charge in [0.1, 0.15) is 5.82 Å². The van der Waals surface area contributed by atoms with Crippen LogP contribution in [0.15, 0.2) is 23.9 Å². The number of rotatable bonds is 0. The molecule has 1 aromatic rings. The molecule has 0 amide bonds. The third-order valence-corrected chi connectivity index (χ3v) is 3.34. The SMILES string of the molecule is Fc1ccc2c(c1)CCC1=C2CCCN1. The van der Waals surface area contributed by atoms with E-state index in [2.05, 4.69) is 5.32 Å². The predicted molar refractivity (Wildman–Crippen MR) is 58.9 cm³/mol. The van der Waals surface area contributed by atoms with Crippen LogP contribution in [0.2, 0.25) is 0 Å². The summed E-state index contributed by atoms with van der Waals surface area (Å²) in [6.45, 7) is 1.09. The van der Waals surface area contributed by atoms with Crippen molar-refractivity contribution in [3.63, 3.8) is 0 Å². The van der Waals surface area contributed by atoms with E-state index in [-0.39, 0.29) is 5.82 Å². The van der Waals surface area contributed by atoms with Crippen LogP contribution in [0.5, 0.6) is 0 Å². The van der Waals surface area contributed by atoms with Gasteiger partial charge in [0.25, 0.3) is 0 Å². The summed E-state index contributed by atoms with van der Waals surface area (Å²) in [5, 5.41) is 3.46. The van der Waals surface area contributed by atoms with Crippen LogP contribution < -0.4 is 5.32 Å². The predicted octanol–water partition coefficient (Wildman–Crippen LogP) is 2.87. The molecule has 0 spiro atoms. The molecule has 1 aliphatic carbocycles. The smallest absolute Gasteiger partial charge is 0.123 e. The Kier molecular flexibility index (Phi) is 2.01. The van der Waals surface area contributed by atoms with E-state index in [0.717, 1.165) is 25.8 Å². The van der Waals surface area contributed by atoms with Crippen molar-refractivity contribution in [3.8, 4) is 0 Å². The fourth-order valence-corrected chi connectivity index (χ4v) is 2.62. The van der Waals surface area contributed by atoms with Gasteiger partial charge in [0.05, 0.1) is 0 Å². The summed E-state index contributed by atoms with van der Waals surface area (Å²) >= 11 is 0. The topological polar surface area (TPSA) is 12.0 Å². The summed E-state index contributed by atoms with van der Waals surface area (Å²) in [6.07, 6.45) is 4.35. The number of fused-ring (bicyclic) bond motifs is 2. The quantitative estimate of drug-likeness (QED) is 0.683. The molecule has 1 aromatic carbocycles. The van der Waals surface area contributed by atoms with Crippen molar-refractivity contribution in [1.29, 1.82) is 0 Å². The number of hydrogen-bond acceptors (Lipinski definition) is 1. The van der Waals surface area contributed by atoms with Crippen LogP contribution in [0, 0.1) is 5.82 Å². The molecule has 0 atom stereocenters. The number of hydrogen-bond donors (Lipinski definition) is 1. The van der Waals surface area contributed by atoms with E-state index in [4.69, 9.17) is 0 Å². The second-order valence-electron chi connectivity index (χ2n) is 4.29. The maximum atomic E-state index is 13.1. The molecule has 15 heavy (non-hydrogen) atoms. The monoisotopic (exact) mass is 203 g/mol. The van der Waals surface area contributed by atoms with Crippen LogP contribution in [0.4, 0.5) is 4.39 Å². The molecule has 0 unspecified atom stereocenters. The van der Waals surface area contributed by atoms with E-state index in [1.54, 1.807) is 12.1 Å². The van der Waals surface area contributed by atoms with Gasteiger partial charge in [-0.3, -0.25) is 0 Å². The average Bonchev–Trinajstić information content (AvgIpc) is 2.28. The van der Waals surface area contributed by atoms with Gasteiger partial charge in [0, 0.05) is 12.2 Å². The first-order chi connectivity index (χ1) is 7.34. The van der Waals surface area contributed by atoms with Crippen molar-refractivity contribution in [3.05, 3.63) is 40.8 Å². The van der Waals surface area contributed by atoms with Gasteiger partial charge in [-0.05, 0) is 54.5 Å². The minimum Gasteiger partial charge on any atom is -0.388 e. The molecule has 2 heteroatoms. The molecule has 1 nitrogen and oxygen atoms in total. The van der Waals surface area contributed by atoms with Gasteiger partial charge < -0.3 is 5.32 Å². The molecule has 1 N–H and O–H groups in total. The maximum absolute atomic E-state index is 13.1. The zero-order chi connectivity index (χ0) is 10.3. The Bertz CT molecular complexity index is 434. The normalized spacial score (nSPS) is 19.3. The van der Waals surface area contributed by atoms with Gasteiger partial charge in [0.15, 0.2) is 0 Å². The highest BCUT2D eigenvalue weighted by Gasteiger charge is 2.21. The number of allylic oxidation sites excluding steroid dienone is 2. The van der Waals surface area contributed by atoms with Gasteiger partial charge in [-0.25, -0.2) is 4.39 Å². The summed E-state index contributed by atoms with van der Waals surface area (Å²) in [5.41, 5.74) is 5.25. The standard InChI is InChI=1S/C13H14FN/c14-10-4-5-11-9(8-10)3-6-13-12(11)2-1-7-15-13/h4-5,8,15H,1-3,6-7H2. The molecule has 2 aliphatic rings. The molecule has 0 bridgehead atoms. The zero-order valence-corrected chi connectivity index (χ0v) is 8.65. The molecule has 0 saturated carbocycles. The lowest BCUT2D eigenvalue weighted by atomic mass is 9.85. The maximum Gasteiger partial charge on any atom is 0.123 e. The minimum absolute atomic E-state index is 0.110. The Hall–Kier alpha value is -1.31. The second-order valence-corrected chi connectivity index (χ2v) is 4.29. The third-order valence-electron chi connectivity index (χ3n) is 3.34. The highest BCUT2D eigenvalue weighted by molar-refractivity contribution is 5.73. The van der Waals surface area contributed by atoms with E-state index in [1.165, 1.54) is 28.8 Å². The first-order valence-electron chi connectivity index (χ1n) is 5.59. The van der Waals surface area contributed by atoms with Crippen molar-refractivity contribution < 1.29 is 4.39 Å². The van der Waals surface area contributed by atoms with E-state index >= 15 is 0 Å². The number of nitrogens with one attached hydrogen (secondary N) is 1. The van der Waals surface area contributed by atoms with Crippen molar-refractivity contribution in [2.45, 2.75) is 25.7 Å². The largest absolute Gasteiger partial charge is 0.388 e. The molecule has 78 valence electrons. The lowest BCUT2D eigenvalue weighted by Gasteiger charge is -2.28. The van der Waals surface area contributed by atoms with Gasteiger partial charge in [0.2, 0.25) is 0 Å². The van der Waals surface area contributed by atoms with Gasteiger partial charge in [-0.15, -0.1) is 0 Å². The van der Waals surface area contributed by atoms with Gasteiger partial charge in [-0.2, -0.15) is 0 Å². The number of aryl methyl sites for hydroxylation is 1. The highest BCUT2D eigenvalue weighted by atomic mass is 19.1. The summed E-state index contributed by atoms with van der Waals surface area (Å²) in [6, 6.07) is 5.20. The first-order valence-corrected chi connectivity index (χ1v) is 5.59. The average molecular weight is 203 g/mol. The fourth-order valence-electron chi connectivity index (χ4n) is 2.62. The van der Waals surface area contributed by atoms with Crippen LogP contribution in [0.3, 0.4) is 0 Å². The van der Waals surface area contributed by atoms with Crippen molar-refractivity contribution in [1.82, 2.24) is 5.32 Å². The third kappa shape index (κ3) is 1.44. The summed E-state index contributed by atoms with van der Waals surface area (Å²) < 4.78 is 13.1. The Morgan fingerprint density at radius 3 is 3.00 bits per heavy atom. The Morgan fingerprint density at radius 1 is 1.13 bits per heavy atom. The van der Waals surface area contributed by atoms with Crippen LogP contribution in [-0.4, -0.2) is 6.54 Å². The number of halogens is 1. The second kappa shape index (κ2) is 3.37. The fraction of sp³-hybridized carbons (Fsp3) is 0.385. The molecular formula is C13H14FN. The van der Waals surface area contributed by atoms with E-state index in [9.17, 15) is 4.39 Å². The summed E-state index contributed by atoms with van der Waals surface area (Å²) in [5.74, 6) is -0.110. The molecule has 0 aromatic heterocycles. The Labute approximate surface area is 89.0 Å². The molecule has 1 aliphatic heterocycles. The lowest BCUT2D eigenvalue weighted by molar-refractivity contribution is 0.619. The van der Waals surface area contributed by atoms with Crippen LogP contribution >= 0.6 is 0 Å². The van der Waals surface area contributed by atoms with E-state index in [0.29, 0.717) is 0 Å². The summed E-state index contributed by atoms with van der Waals surface area (Å²) in [4.78, 5) is 0. The Balaban J connectivity index is 2.12. The highest BCUT2D eigenvalue weighted by Crippen LogP contribution is 2.35. The van der Waals surface area contributed by atoms with Crippen LogP contribution in [0.1, 0.15) is 30.4 Å². The molecular weight excluding hydrogens is 189 g/mol. The number of benzene rings is 1. The van der Waals surface area contributed by atoms with Crippen LogP contribution in [-0.2, 0) is 6.42 Å². The molecule has 3 rings (SSSR count). The lowest BCUT2D eigenvalue weighted by Crippen LogP contribution is -2.24. The molecule has 1 heterocycles. The van der Waals surface area contributed by atoms with Crippen molar-refractivity contribution in [2.24, 2.45) is 0 Å². The zero-order valence-electron chi connectivity index (χ0n) is 8.65. The summed E-state index contributed by atoms with van der Waals surface area (Å²) in [7, 11) is 0. The van der Waals surface area contributed by atoms with Gasteiger partial charge in [-0.1, -0.05) is 6.07 Å². The van der Waals surface area contributed by atoms with Crippen molar-refractivity contribution in [2.75, 3.05) is 6.54 Å². The molecule has 0 radical (unpaired) electrons. The van der Waals surface area contributed by atoms with Crippen LogP contribution in [0.25, 0.3) is 5.57 Å². The molecule has 0 saturated heterocycles. The Morgan fingerprint density at radius 2 is 2.07 bits per heavy atom. The molecule has 0 fully saturated rings.